The molecular weight excluding hydrogens is 307 g/mol. The van der Waals surface area contributed by atoms with Crippen molar-refractivity contribution in [2.24, 2.45) is 0 Å². The summed E-state index contributed by atoms with van der Waals surface area (Å²) in [7, 11) is 0. The summed E-state index contributed by atoms with van der Waals surface area (Å²) >= 11 is 12.1. The molecule has 0 atom stereocenters. The summed E-state index contributed by atoms with van der Waals surface area (Å²) in [5.41, 5.74) is 1.10. The molecule has 3 nitrogen and oxygen atoms in total. The zero-order valence-corrected chi connectivity index (χ0v) is 13.5. The summed E-state index contributed by atoms with van der Waals surface area (Å²) in [5, 5.41) is 1.37. The Morgan fingerprint density at radius 1 is 1.00 bits per heavy atom. The summed E-state index contributed by atoms with van der Waals surface area (Å²) in [6.07, 6.45) is 0. The molecule has 0 amide bonds. The number of piperazine rings is 1. The number of benzene rings is 1. The average Bonchev–Trinajstić information content (AvgIpc) is 2.84. The van der Waals surface area contributed by atoms with Gasteiger partial charge in [0.15, 0.2) is 0 Å². The molecule has 0 aliphatic carbocycles. The molecule has 2 heterocycles. The van der Waals surface area contributed by atoms with Gasteiger partial charge >= 0.3 is 0 Å². The molecule has 3 rings (SSSR count). The Balaban J connectivity index is 1.59. The first kappa shape index (κ1) is 14.8. The Bertz CT molecular complexity index is 598. The molecule has 0 unspecified atom stereocenters. The Hall–Kier alpha value is -1.16. The average molecular weight is 325 g/mol. The van der Waals surface area contributed by atoms with Crippen LogP contribution >= 0.6 is 23.2 Å². The number of nitrogens with zero attached hydrogens (tertiary/aromatic N) is 2. The largest absolute Gasteiger partial charge is 0.465 e. The van der Waals surface area contributed by atoms with Crippen LogP contribution in [0.25, 0.3) is 0 Å². The second-order valence-corrected chi connectivity index (χ2v) is 6.28. The zero-order valence-electron chi connectivity index (χ0n) is 12.0. The van der Waals surface area contributed by atoms with E-state index in [4.69, 9.17) is 27.6 Å². The molecule has 21 heavy (non-hydrogen) atoms. The summed E-state index contributed by atoms with van der Waals surface area (Å²) in [5.74, 6) is 2.00. The third-order valence-electron chi connectivity index (χ3n) is 3.76. The first-order chi connectivity index (χ1) is 10.1. The molecule has 1 aliphatic rings. The van der Waals surface area contributed by atoms with Crippen LogP contribution in [0.4, 0.5) is 5.69 Å². The fraction of sp³-hybridized carbons (Fsp3) is 0.375. The van der Waals surface area contributed by atoms with E-state index in [1.807, 2.05) is 25.1 Å². The van der Waals surface area contributed by atoms with E-state index >= 15 is 0 Å². The highest BCUT2D eigenvalue weighted by atomic mass is 35.5. The molecule has 5 heteroatoms. The number of hydrogen-bond acceptors (Lipinski definition) is 3. The van der Waals surface area contributed by atoms with Gasteiger partial charge in [-0.1, -0.05) is 23.2 Å². The summed E-state index contributed by atoms with van der Waals surface area (Å²) in [6.45, 7) is 6.79. The van der Waals surface area contributed by atoms with Crippen molar-refractivity contribution in [3.63, 3.8) is 0 Å². The van der Waals surface area contributed by atoms with Gasteiger partial charge in [0, 0.05) is 41.9 Å². The normalized spacial score (nSPS) is 16.4. The van der Waals surface area contributed by atoms with Crippen molar-refractivity contribution in [3.8, 4) is 0 Å². The van der Waals surface area contributed by atoms with Gasteiger partial charge in [-0.3, -0.25) is 4.90 Å². The Morgan fingerprint density at radius 3 is 2.24 bits per heavy atom. The van der Waals surface area contributed by atoms with Crippen molar-refractivity contribution >= 4 is 28.9 Å². The second kappa shape index (κ2) is 6.30. The van der Waals surface area contributed by atoms with Crippen LogP contribution in [0.3, 0.4) is 0 Å². The van der Waals surface area contributed by atoms with Crippen LogP contribution in [0.15, 0.2) is 34.7 Å². The first-order valence-corrected chi connectivity index (χ1v) is 7.84. The first-order valence-electron chi connectivity index (χ1n) is 7.09. The predicted octanol–water partition coefficient (Wildman–Crippen LogP) is 4.22. The third kappa shape index (κ3) is 3.73. The number of rotatable bonds is 3. The van der Waals surface area contributed by atoms with Crippen LogP contribution in [-0.4, -0.2) is 31.1 Å². The second-order valence-electron chi connectivity index (χ2n) is 5.40. The van der Waals surface area contributed by atoms with Crippen molar-refractivity contribution in [1.82, 2.24) is 4.90 Å². The van der Waals surface area contributed by atoms with E-state index in [0.717, 1.165) is 49.9 Å². The monoisotopic (exact) mass is 324 g/mol. The van der Waals surface area contributed by atoms with Crippen LogP contribution < -0.4 is 4.90 Å². The lowest BCUT2D eigenvalue weighted by atomic mass is 10.2. The molecule has 1 saturated heterocycles. The molecule has 112 valence electrons. The Kier molecular flexibility index (Phi) is 4.43. The van der Waals surface area contributed by atoms with Gasteiger partial charge in [0.25, 0.3) is 0 Å². The lowest BCUT2D eigenvalue weighted by Gasteiger charge is -2.35. The molecule has 1 aliphatic heterocycles. The quantitative estimate of drug-likeness (QED) is 0.842. The fourth-order valence-electron chi connectivity index (χ4n) is 2.68. The van der Waals surface area contributed by atoms with Crippen molar-refractivity contribution in [1.29, 1.82) is 0 Å². The highest BCUT2D eigenvalue weighted by Gasteiger charge is 2.18. The van der Waals surface area contributed by atoms with Crippen molar-refractivity contribution < 1.29 is 4.42 Å². The van der Waals surface area contributed by atoms with Gasteiger partial charge in [0.2, 0.25) is 0 Å². The van der Waals surface area contributed by atoms with E-state index in [9.17, 15) is 0 Å². The highest BCUT2D eigenvalue weighted by molar-refractivity contribution is 6.35. The van der Waals surface area contributed by atoms with E-state index in [0.29, 0.717) is 10.0 Å². The van der Waals surface area contributed by atoms with E-state index in [1.54, 1.807) is 6.07 Å². The van der Waals surface area contributed by atoms with Crippen molar-refractivity contribution in [2.75, 3.05) is 31.1 Å². The number of anilines is 1. The SMILES string of the molecule is Cc1ccc(CN2CCN(c3cc(Cl)cc(Cl)c3)CC2)o1. The van der Waals surface area contributed by atoms with E-state index < -0.39 is 0 Å². The third-order valence-corrected chi connectivity index (χ3v) is 4.20. The number of hydrogen-bond donors (Lipinski definition) is 0. The topological polar surface area (TPSA) is 19.6 Å². The minimum absolute atomic E-state index is 0.686. The number of furan rings is 1. The molecule has 1 aromatic heterocycles. The lowest BCUT2D eigenvalue weighted by molar-refractivity contribution is 0.229. The predicted molar refractivity (Wildman–Crippen MR) is 87.4 cm³/mol. The molecule has 0 radical (unpaired) electrons. The standard InChI is InChI=1S/C16H18Cl2N2O/c1-12-2-3-16(21-12)11-19-4-6-20(7-5-19)15-9-13(17)8-14(18)10-15/h2-3,8-10H,4-7,11H2,1H3. The van der Waals surface area contributed by atoms with Gasteiger partial charge < -0.3 is 9.32 Å². The van der Waals surface area contributed by atoms with E-state index in [1.165, 1.54) is 0 Å². The zero-order chi connectivity index (χ0) is 14.8. The van der Waals surface area contributed by atoms with Gasteiger partial charge in [-0.25, -0.2) is 0 Å². The molecule has 1 fully saturated rings. The van der Waals surface area contributed by atoms with Crippen LogP contribution in [0.2, 0.25) is 10.0 Å². The van der Waals surface area contributed by atoms with Gasteiger partial charge in [0.1, 0.15) is 11.5 Å². The Labute approximate surface area is 135 Å². The summed E-state index contributed by atoms with van der Waals surface area (Å²) in [6, 6.07) is 9.78. The fourth-order valence-corrected chi connectivity index (χ4v) is 3.19. The lowest BCUT2D eigenvalue weighted by Crippen LogP contribution is -2.45. The molecule has 0 spiro atoms. The highest BCUT2D eigenvalue weighted by Crippen LogP contribution is 2.26. The van der Waals surface area contributed by atoms with Crippen LogP contribution in [0.1, 0.15) is 11.5 Å². The molecular formula is C16H18Cl2N2O. The van der Waals surface area contributed by atoms with Crippen molar-refractivity contribution in [3.05, 3.63) is 51.9 Å². The molecule has 2 aromatic rings. The maximum Gasteiger partial charge on any atom is 0.118 e. The van der Waals surface area contributed by atoms with Gasteiger partial charge in [-0.15, -0.1) is 0 Å². The van der Waals surface area contributed by atoms with Crippen molar-refractivity contribution in [2.45, 2.75) is 13.5 Å². The minimum atomic E-state index is 0.686. The van der Waals surface area contributed by atoms with E-state index in [2.05, 4.69) is 15.9 Å². The van der Waals surface area contributed by atoms with E-state index in [-0.39, 0.29) is 0 Å². The van der Waals surface area contributed by atoms with Gasteiger partial charge in [-0.05, 0) is 37.3 Å². The van der Waals surface area contributed by atoms with Crippen LogP contribution in [0, 0.1) is 6.92 Å². The molecule has 0 saturated carbocycles. The van der Waals surface area contributed by atoms with Gasteiger partial charge in [0.05, 0.1) is 6.54 Å². The molecule has 0 N–H and O–H groups in total. The van der Waals surface area contributed by atoms with Gasteiger partial charge in [-0.2, -0.15) is 0 Å². The molecule has 1 aromatic carbocycles. The Morgan fingerprint density at radius 2 is 1.67 bits per heavy atom. The van der Waals surface area contributed by atoms with Crippen LogP contribution in [0.5, 0.6) is 0 Å². The number of halogens is 2. The maximum atomic E-state index is 6.07. The van der Waals surface area contributed by atoms with Crippen LogP contribution in [-0.2, 0) is 6.54 Å². The minimum Gasteiger partial charge on any atom is -0.465 e. The number of aryl methyl sites for hydroxylation is 1. The maximum absolute atomic E-state index is 6.07. The molecule has 0 bridgehead atoms. The summed E-state index contributed by atoms with van der Waals surface area (Å²) < 4.78 is 5.64. The smallest absolute Gasteiger partial charge is 0.118 e. The summed E-state index contributed by atoms with van der Waals surface area (Å²) in [4.78, 5) is 4.72.